The maximum Gasteiger partial charge on any atom is 0.339 e. The summed E-state index contributed by atoms with van der Waals surface area (Å²) in [4.78, 5) is 17.5. The minimum atomic E-state index is -1.17. The first-order chi connectivity index (χ1) is 11.1. The van der Waals surface area contributed by atoms with E-state index in [9.17, 15) is 15.0 Å². The van der Waals surface area contributed by atoms with Crippen molar-refractivity contribution in [1.29, 1.82) is 0 Å². The topological polar surface area (TPSA) is 73.7 Å². The molecule has 3 aromatic rings. The van der Waals surface area contributed by atoms with E-state index in [1.54, 1.807) is 12.3 Å². The molecule has 0 saturated carbocycles. The SMILES string of the molecule is Cc1ccc(N(c2ccc(O)c(C(=O)O)c2)c2nccs2)cc1. The second-order valence-electron chi connectivity index (χ2n) is 4.99. The largest absolute Gasteiger partial charge is 0.507 e. The first-order valence-corrected chi connectivity index (χ1v) is 7.77. The Kier molecular flexibility index (Phi) is 3.99. The number of aromatic carboxylic acids is 1. The number of aromatic nitrogens is 1. The summed E-state index contributed by atoms with van der Waals surface area (Å²) < 4.78 is 0. The number of hydrogen-bond donors (Lipinski definition) is 2. The predicted molar refractivity (Wildman–Crippen MR) is 90.2 cm³/mol. The fourth-order valence-electron chi connectivity index (χ4n) is 2.22. The van der Waals surface area contributed by atoms with E-state index in [1.165, 1.54) is 23.5 Å². The van der Waals surface area contributed by atoms with Crippen LogP contribution in [0, 0.1) is 6.92 Å². The maximum absolute atomic E-state index is 11.3. The molecule has 5 nitrogen and oxygen atoms in total. The number of carbonyl (C=O) groups is 1. The third-order valence-corrected chi connectivity index (χ3v) is 4.13. The third-order valence-electron chi connectivity index (χ3n) is 3.37. The van der Waals surface area contributed by atoms with E-state index in [1.807, 2.05) is 41.5 Å². The maximum atomic E-state index is 11.3. The van der Waals surface area contributed by atoms with Crippen LogP contribution < -0.4 is 4.90 Å². The number of aromatic hydroxyl groups is 1. The van der Waals surface area contributed by atoms with Crippen LogP contribution in [0.15, 0.2) is 54.0 Å². The molecule has 0 saturated heterocycles. The molecule has 0 bridgehead atoms. The van der Waals surface area contributed by atoms with Gasteiger partial charge < -0.3 is 10.2 Å². The molecule has 0 spiro atoms. The minimum Gasteiger partial charge on any atom is -0.507 e. The molecule has 0 radical (unpaired) electrons. The van der Waals surface area contributed by atoms with Crippen molar-refractivity contribution >= 4 is 33.8 Å². The summed E-state index contributed by atoms with van der Waals surface area (Å²) in [6.07, 6.45) is 1.69. The summed E-state index contributed by atoms with van der Waals surface area (Å²) in [5, 5.41) is 21.5. The molecule has 0 aliphatic carbocycles. The molecule has 6 heteroatoms. The summed E-state index contributed by atoms with van der Waals surface area (Å²) >= 11 is 1.45. The molecule has 0 aliphatic rings. The molecule has 23 heavy (non-hydrogen) atoms. The van der Waals surface area contributed by atoms with E-state index in [2.05, 4.69) is 4.98 Å². The number of nitrogens with zero attached hydrogens (tertiary/aromatic N) is 2. The van der Waals surface area contributed by atoms with E-state index >= 15 is 0 Å². The van der Waals surface area contributed by atoms with Crippen molar-refractivity contribution in [2.75, 3.05) is 4.90 Å². The van der Waals surface area contributed by atoms with Crippen LogP contribution in [0.2, 0.25) is 0 Å². The average Bonchev–Trinajstić information content (AvgIpc) is 3.05. The molecule has 0 atom stereocenters. The van der Waals surface area contributed by atoms with E-state index in [0.717, 1.165) is 16.4 Å². The second kappa shape index (κ2) is 6.10. The summed E-state index contributed by atoms with van der Waals surface area (Å²) in [6, 6.07) is 12.4. The third kappa shape index (κ3) is 3.02. The zero-order chi connectivity index (χ0) is 16.4. The number of anilines is 3. The van der Waals surface area contributed by atoms with Crippen LogP contribution in [0.25, 0.3) is 0 Å². The molecule has 3 rings (SSSR count). The Bertz CT molecular complexity index is 830. The van der Waals surface area contributed by atoms with E-state index in [-0.39, 0.29) is 11.3 Å². The van der Waals surface area contributed by atoms with Gasteiger partial charge in [0.1, 0.15) is 11.3 Å². The Morgan fingerprint density at radius 3 is 2.43 bits per heavy atom. The number of aryl methyl sites for hydroxylation is 1. The van der Waals surface area contributed by atoms with Gasteiger partial charge in [0.15, 0.2) is 5.13 Å². The number of carboxylic acids is 1. The monoisotopic (exact) mass is 326 g/mol. The molecule has 0 fully saturated rings. The van der Waals surface area contributed by atoms with E-state index in [4.69, 9.17) is 0 Å². The quantitative estimate of drug-likeness (QED) is 0.746. The van der Waals surface area contributed by atoms with Crippen molar-refractivity contribution in [2.24, 2.45) is 0 Å². The van der Waals surface area contributed by atoms with E-state index in [0.29, 0.717) is 5.69 Å². The molecule has 2 N–H and O–H groups in total. The molecule has 0 unspecified atom stereocenters. The normalized spacial score (nSPS) is 10.5. The molecule has 0 aliphatic heterocycles. The van der Waals surface area contributed by atoms with Crippen LogP contribution in [-0.4, -0.2) is 21.2 Å². The lowest BCUT2D eigenvalue weighted by atomic mass is 10.1. The van der Waals surface area contributed by atoms with Crippen molar-refractivity contribution in [2.45, 2.75) is 6.92 Å². The lowest BCUT2D eigenvalue weighted by molar-refractivity contribution is 0.0694. The lowest BCUT2D eigenvalue weighted by Gasteiger charge is -2.23. The molecule has 1 heterocycles. The van der Waals surface area contributed by atoms with Gasteiger partial charge in [0.25, 0.3) is 0 Å². The Hall–Kier alpha value is -2.86. The highest BCUT2D eigenvalue weighted by atomic mass is 32.1. The fraction of sp³-hybridized carbons (Fsp3) is 0.0588. The number of phenols is 1. The van der Waals surface area contributed by atoms with Gasteiger partial charge in [0.2, 0.25) is 0 Å². The second-order valence-corrected chi connectivity index (χ2v) is 5.87. The van der Waals surface area contributed by atoms with Crippen molar-refractivity contribution in [3.8, 4) is 5.75 Å². The molecular formula is C17H14N2O3S. The Morgan fingerprint density at radius 2 is 1.83 bits per heavy atom. The van der Waals surface area contributed by atoms with Crippen LogP contribution in [0.3, 0.4) is 0 Å². The summed E-state index contributed by atoms with van der Waals surface area (Å²) in [7, 11) is 0. The minimum absolute atomic E-state index is 0.142. The van der Waals surface area contributed by atoms with Gasteiger partial charge in [-0.15, -0.1) is 11.3 Å². The van der Waals surface area contributed by atoms with Gasteiger partial charge in [-0.25, -0.2) is 9.78 Å². The molecule has 1 aromatic heterocycles. The van der Waals surface area contributed by atoms with Gasteiger partial charge in [-0.3, -0.25) is 4.90 Å². The lowest BCUT2D eigenvalue weighted by Crippen LogP contribution is -2.10. The number of rotatable bonds is 4. The Labute approximate surface area is 137 Å². The van der Waals surface area contributed by atoms with Gasteiger partial charge in [-0.05, 0) is 37.3 Å². The van der Waals surface area contributed by atoms with Crippen LogP contribution in [0.1, 0.15) is 15.9 Å². The zero-order valence-electron chi connectivity index (χ0n) is 12.3. The number of hydrogen-bond acceptors (Lipinski definition) is 5. The van der Waals surface area contributed by atoms with Crippen molar-refractivity contribution in [3.63, 3.8) is 0 Å². The Balaban J connectivity index is 2.15. The standard InChI is InChI=1S/C17H14N2O3S/c1-11-2-4-12(5-3-11)19(17-18-8-9-23-17)13-6-7-15(20)14(10-13)16(21)22/h2-10,20H,1H3,(H,21,22). The highest BCUT2D eigenvalue weighted by Gasteiger charge is 2.18. The average molecular weight is 326 g/mol. The summed E-state index contributed by atoms with van der Waals surface area (Å²) in [6.45, 7) is 2.00. The van der Waals surface area contributed by atoms with Crippen LogP contribution in [0.4, 0.5) is 16.5 Å². The van der Waals surface area contributed by atoms with Crippen molar-refractivity contribution < 1.29 is 15.0 Å². The first kappa shape index (κ1) is 15.1. The van der Waals surface area contributed by atoms with Gasteiger partial charge in [-0.2, -0.15) is 0 Å². The van der Waals surface area contributed by atoms with Crippen molar-refractivity contribution in [1.82, 2.24) is 4.98 Å². The number of thiazole rings is 1. The molecular weight excluding hydrogens is 312 g/mol. The first-order valence-electron chi connectivity index (χ1n) is 6.89. The molecule has 2 aromatic carbocycles. The zero-order valence-corrected chi connectivity index (χ0v) is 13.1. The van der Waals surface area contributed by atoms with E-state index < -0.39 is 5.97 Å². The van der Waals surface area contributed by atoms with Gasteiger partial charge in [0, 0.05) is 23.0 Å². The smallest absolute Gasteiger partial charge is 0.339 e. The van der Waals surface area contributed by atoms with Gasteiger partial charge >= 0.3 is 5.97 Å². The summed E-state index contributed by atoms with van der Waals surface area (Å²) in [5.41, 5.74) is 2.48. The Morgan fingerprint density at radius 1 is 1.13 bits per heavy atom. The van der Waals surface area contributed by atoms with Crippen molar-refractivity contribution in [3.05, 3.63) is 65.2 Å². The number of benzene rings is 2. The fourth-order valence-corrected chi connectivity index (χ4v) is 2.91. The molecule has 0 amide bonds. The summed E-state index contributed by atoms with van der Waals surface area (Å²) in [5.74, 6) is -1.43. The predicted octanol–water partition coefficient (Wildman–Crippen LogP) is 4.33. The highest BCUT2D eigenvalue weighted by Crippen LogP contribution is 2.37. The molecule has 116 valence electrons. The van der Waals surface area contributed by atoms with Crippen LogP contribution in [0.5, 0.6) is 5.75 Å². The van der Waals surface area contributed by atoms with Crippen LogP contribution in [-0.2, 0) is 0 Å². The number of carboxylic acid groups (broad SMARTS) is 1. The van der Waals surface area contributed by atoms with Gasteiger partial charge in [-0.1, -0.05) is 17.7 Å². The van der Waals surface area contributed by atoms with Gasteiger partial charge in [0.05, 0.1) is 0 Å². The van der Waals surface area contributed by atoms with Crippen LogP contribution >= 0.6 is 11.3 Å². The highest BCUT2D eigenvalue weighted by molar-refractivity contribution is 7.13.